The molecule has 0 spiro atoms. The predicted octanol–water partition coefficient (Wildman–Crippen LogP) is 2.58. The molecule has 0 aliphatic heterocycles. The second-order valence-corrected chi connectivity index (χ2v) is 3.86. The van der Waals surface area contributed by atoms with Gasteiger partial charge in [0.25, 0.3) is 0 Å². The van der Waals surface area contributed by atoms with Crippen LogP contribution >= 0.6 is 0 Å². The van der Waals surface area contributed by atoms with Crippen molar-refractivity contribution in [3.05, 3.63) is 0 Å². The maximum absolute atomic E-state index is 5.88. The molecule has 0 fully saturated rings. The molecule has 2 heteroatoms. The summed E-state index contributed by atoms with van der Waals surface area (Å²) in [6.07, 6.45) is 4.59. The Morgan fingerprint density at radius 2 is 2.00 bits per heavy atom. The van der Waals surface area contributed by atoms with Gasteiger partial charge in [-0.3, -0.25) is 0 Å². The largest absolute Gasteiger partial charge is 0.375 e. The van der Waals surface area contributed by atoms with E-state index in [0.717, 1.165) is 26.0 Å². The molecule has 0 bridgehead atoms. The van der Waals surface area contributed by atoms with Crippen molar-refractivity contribution < 1.29 is 4.74 Å². The first-order valence-electron chi connectivity index (χ1n) is 5.47. The van der Waals surface area contributed by atoms with Gasteiger partial charge in [-0.2, -0.15) is 0 Å². The predicted molar refractivity (Wildman–Crippen MR) is 58.1 cm³/mol. The minimum Gasteiger partial charge on any atom is -0.375 e. The van der Waals surface area contributed by atoms with Crippen LogP contribution in [-0.4, -0.2) is 25.8 Å². The highest BCUT2D eigenvalue weighted by Crippen LogP contribution is 2.19. The van der Waals surface area contributed by atoms with Gasteiger partial charge in [-0.15, -0.1) is 0 Å². The average molecular weight is 187 g/mol. The fourth-order valence-corrected chi connectivity index (χ4v) is 1.20. The molecule has 0 rings (SSSR count). The number of unbranched alkanes of at least 4 members (excludes halogenated alkanes) is 1. The number of rotatable bonds is 8. The van der Waals surface area contributed by atoms with Crippen LogP contribution in [0.2, 0.25) is 0 Å². The summed E-state index contributed by atoms with van der Waals surface area (Å²) in [4.78, 5) is 0. The van der Waals surface area contributed by atoms with Crippen molar-refractivity contribution in [2.24, 2.45) is 0 Å². The van der Waals surface area contributed by atoms with Crippen molar-refractivity contribution in [2.45, 2.75) is 52.1 Å². The Hall–Kier alpha value is -0.0800. The quantitative estimate of drug-likeness (QED) is 0.590. The molecule has 0 saturated heterocycles. The van der Waals surface area contributed by atoms with Gasteiger partial charge in [0.15, 0.2) is 0 Å². The van der Waals surface area contributed by atoms with Gasteiger partial charge in [0.2, 0.25) is 0 Å². The van der Waals surface area contributed by atoms with Gasteiger partial charge >= 0.3 is 0 Å². The molecule has 1 atom stereocenters. The molecule has 2 nitrogen and oxygen atoms in total. The molecule has 80 valence electrons. The summed E-state index contributed by atoms with van der Waals surface area (Å²) in [5.74, 6) is 0. The Morgan fingerprint density at radius 1 is 1.31 bits per heavy atom. The zero-order valence-corrected chi connectivity index (χ0v) is 9.65. The zero-order chi connectivity index (χ0) is 10.2. The van der Waals surface area contributed by atoms with Crippen LogP contribution in [0.3, 0.4) is 0 Å². The van der Waals surface area contributed by atoms with Crippen LogP contribution in [0.5, 0.6) is 0 Å². The SMILES string of the molecule is CCCCOC(C)(CC)CCNC. The second-order valence-electron chi connectivity index (χ2n) is 3.86. The Morgan fingerprint density at radius 3 is 2.46 bits per heavy atom. The van der Waals surface area contributed by atoms with Crippen LogP contribution in [0.15, 0.2) is 0 Å². The second kappa shape index (κ2) is 7.34. The lowest BCUT2D eigenvalue weighted by Crippen LogP contribution is -2.32. The Kier molecular flexibility index (Phi) is 7.29. The molecule has 13 heavy (non-hydrogen) atoms. The van der Waals surface area contributed by atoms with Crippen LogP contribution in [-0.2, 0) is 4.74 Å². The fraction of sp³-hybridized carbons (Fsp3) is 1.00. The summed E-state index contributed by atoms with van der Waals surface area (Å²) in [5.41, 5.74) is 0.0815. The number of hydrogen-bond acceptors (Lipinski definition) is 2. The number of hydrogen-bond donors (Lipinski definition) is 1. The van der Waals surface area contributed by atoms with E-state index in [1.165, 1.54) is 12.8 Å². The highest BCUT2D eigenvalue weighted by Gasteiger charge is 2.21. The molecule has 0 heterocycles. The van der Waals surface area contributed by atoms with Gasteiger partial charge in [0.05, 0.1) is 5.60 Å². The minimum absolute atomic E-state index is 0.0815. The lowest BCUT2D eigenvalue weighted by molar-refractivity contribution is -0.0407. The van der Waals surface area contributed by atoms with Gasteiger partial charge in [0, 0.05) is 6.61 Å². The van der Waals surface area contributed by atoms with E-state index in [4.69, 9.17) is 4.74 Å². The van der Waals surface area contributed by atoms with Crippen molar-refractivity contribution in [1.82, 2.24) is 5.32 Å². The number of nitrogens with one attached hydrogen (secondary N) is 1. The molecule has 0 radical (unpaired) electrons. The van der Waals surface area contributed by atoms with E-state index in [0.29, 0.717) is 0 Å². The summed E-state index contributed by atoms with van der Waals surface area (Å²) < 4.78 is 5.88. The Balaban J connectivity index is 3.67. The third kappa shape index (κ3) is 6.05. The molecule has 0 aromatic rings. The molecule has 0 aromatic heterocycles. The maximum Gasteiger partial charge on any atom is 0.0664 e. The van der Waals surface area contributed by atoms with E-state index in [1.54, 1.807) is 0 Å². The van der Waals surface area contributed by atoms with Crippen LogP contribution in [0.4, 0.5) is 0 Å². The topological polar surface area (TPSA) is 21.3 Å². The van der Waals surface area contributed by atoms with Crippen molar-refractivity contribution in [2.75, 3.05) is 20.2 Å². The maximum atomic E-state index is 5.88. The van der Waals surface area contributed by atoms with Gasteiger partial charge < -0.3 is 10.1 Å². The summed E-state index contributed by atoms with van der Waals surface area (Å²) in [7, 11) is 1.99. The van der Waals surface area contributed by atoms with Gasteiger partial charge in [0.1, 0.15) is 0 Å². The first-order chi connectivity index (χ1) is 6.18. The molecule has 0 aliphatic carbocycles. The third-order valence-electron chi connectivity index (χ3n) is 2.60. The molecule has 0 aromatic carbocycles. The smallest absolute Gasteiger partial charge is 0.0664 e. The van der Waals surface area contributed by atoms with E-state index in [1.807, 2.05) is 7.05 Å². The van der Waals surface area contributed by atoms with Crippen molar-refractivity contribution in [3.63, 3.8) is 0 Å². The van der Waals surface area contributed by atoms with E-state index in [-0.39, 0.29) is 5.60 Å². The van der Waals surface area contributed by atoms with Gasteiger partial charge in [-0.05, 0) is 39.8 Å². The molecular weight excluding hydrogens is 162 g/mol. The van der Waals surface area contributed by atoms with E-state index >= 15 is 0 Å². The number of ether oxygens (including phenoxy) is 1. The molecular formula is C11H25NO. The van der Waals surface area contributed by atoms with Crippen LogP contribution in [0, 0.1) is 0 Å². The van der Waals surface area contributed by atoms with E-state index in [2.05, 4.69) is 26.1 Å². The van der Waals surface area contributed by atoms with Gasteiger partial charge in [-0.25, -0.2) is 0 Å². The lowest BCUT2D eigenvalue weighted by atomic mass is 9.99. The first-order valence-corrected chi connectivity index (χ1v) is 5.47. The van der Waals surface area contributed by atoms with Gasteiger partial charge in [-0.1, -0.05) is 20.3 Å². The molecule has 1 unspecified atom stereocenters. The van der Waals surface area contributed by atoms with Crippen LogP contribution < -0.4 is 5.32 Å². The zero-order valence-electron chi connectivity index (χ0n) is 9.65. The Labute approximate surface area is 83.1 Å². The summed E-state index contributed by atoms with van der Waals surface area (Å²) in [5, 5.41) is 3.17. The third-order valence-corrected chi connectivity index (χ3v) is 2.60. The minimum atomic E-state index is 0.0815. The molecule has 1 N–H and O–H groups in total. The van der Waals surface area contributed by atoms with Crippen molar-refractivity contribution >= 4 is 0 Å². The molecule has 0 saturated carbocycles. The highest BCUT2D eigenvalue weighted by atomic mass is 16.5. The fourth-order valence-electron chi connectivity index (χ4n) is 1.20. The lowest BCUT2D eigenvalue weighted by Gasteiger charge is -2.28. The first kappa shape index (κ1) is 12.9. The van der Waals surface area contributed by atoms with Crippen LogP contribution in [0.1, 0.15) is 46.5 Å². The summed E-state index contributed by atoms with van der Waals surface area (Å²) >= 11 is 0. The van der Waals surface area contributed by atoms with E-state index < -0.39 is 0 Å². The standard InChI is InChI=1S/C11H25NO/c1-5-7-10-13-11(3,6-2)8-9-12-4/h12H,5-10H2,1-4H3. The van der Waals surface area contributed by atoms with Crippen LogP contribution in [0.25, 0.3) is 0 Å². The average Bonchev–Trinajstić information content (AvgIpc) is 2.15. The summed E-state index contributed by atoms with van der Waals surface area (Å²) in [6.45, 7) is 8.54. The summed E-state index contributed by atoms with van der Waals surface area (Å²) in [6, 6.07) is 0. The normalized spacial score (nSPS) is 15.7. The Bertz CT molecular complexity index is 117. The monoisotopic (exact) mass is 187 g/mol. The van der Waals surface area contributed by atoms with E-state index in [9.17, 15) is 0 Å². The van der Waals surface area contributed by atoms with Crippen molar-refractivity contribution in [1.29, 1.82) is 0 Å². The molecule has 0 amide bonds. The van der Waals surface area contributed by atoms with Crippen molar-refractivity contribution in [3.8, 4) is 0 Å². The molecule has 0 aliphatic rings. The highest BCUT2D eigenvalue weighted by molar-refractivity contribution is 4.73.